The number of hydrogen-bond acceptors (Lipinski definition) is 3. The predicted molar refractivity (Wildman–Crippen MR) is 92.5 cm³/mol. The number of carbonyl (C=O) groups excluding carboxylic acids is 1. The molecule has 3 rings (SSSR count). The SMILES string of the molecule is CC[C@H](C(=O)N1CCO[C@@](C)(c2cnn(C)c2)C1)c1ccc(F)cc1. The van der Waals surface area contributed by atoms with Gasteiger partial charge in [0.15, 0.2) is 0 Å². The summed E-state index contributed by atoms with van der Waals surface area (Å²) in [6.07, 6.45) is 4.38. The topological polar surface area (TPSA) is 47.4 Å². The third-order valence-electron chi connectivity index (χ3n) is 4.88. The van der Waals surface area contributed by atoms with E-state index in [2.05, 4.69) is 5.10 Å². The van der Waals surface area contributed by atoms with E-state index in [9.17, 15) is 9.18 Å². The fourth-order valence-corrected chi connectivity index (χ4v) is 3.40. The van der Waals surface area contributed by atoms with Crippen LogP contribution < -0.4 is 0 Å². The summed E-state index contributed by atoms with van der Waals surface area (Å²) in [4.78, 5) is 14.9. The number of amides is 1. The van der Waals surface area contributed by atoms with Gasteiger partial charge in [-0.1, -0.05) is 19.1 Å². The van der Waals surface area contributed by atoms with Crippen molar-refractivity contribution >= 4 is 5.91 Å². The van der Waals surface area contributed by atoms with Crippen LogP contribution in [0.25, 0.3) is 0 Å². The summed E-state index contributed by atoms with van der Waals surface area (Å²) < 4.78 is 20.9. The molecule has 0 aliphatic carbocycles. The zero-order valence-electron chi connectivity index (χ0n) is 14.9. The van der Waals surface area contributed by atoms with Crippen molar-refractivity contribution in [1.29, 1.82) is 0 Å². The first-order chi connectivity index (χ1) is 11.9. The fourth-order valence-electron chi connectivity index (χ4n) is 3.40. The number of carbonyl (C=O) groups is 1. The van der Waals surface area contributed by atoms with Crippen LogP contribution in [0.1, 0.15) is 37.3 Å². The second kappa shape index (κ2) is 6.96. The number of aryl methyl sites for hydroxylation is 1. The molecule has 1 amide bonds. The third-order valence-corrected chi connectivity index (χ3v) is 4.88. The van der Waals surface area contributed by atoms with Crippen LogP contribution in [0.15, 0.2) is 36.7 Å². The molecular weight excluding hydrogens is 321 g/mol. The Morgan fingerprint density at radius 2 is 2.12 bits per heavy atom. The maximum atomic E-state index is 13.2. The van der Waals surface area contributed by atoms with E-state index >= 15 is 0 Å². The smallest absolute Gasteiger partial charge is 0.230 e. The molecule has 1 aromatic carbocycles. The van der Waals surface area contributed by atoms with Crippen LogP contribution in [-0.4, -0.2) is 40.3 Å². The Balaban J connectivity index is 1.80. The van der Waals surface area contributed by atoms with Crippen LogP contribution in [-0.2, 0) is 22.2 Å². The predicted octanol–water partition coefficient (Wildman–Crippen LogP) is 2.83. The average Bonchev–Trinajstić information content (AvgIpc) is 3.04. The lowest BCUT2D eigenvalue weighted by atomic mass is 9.92. The number of aromatic nitrogens is 2. The van der Waals surface area contributed by atoms with Crippen molar-refractivity contribution in [3.63, 3.8) is 0 Å². The van der Waals surface area contributed by atoms with Gasteiger partial charge in [-0.15, -0.1) is 0 Å². The summed E-state index contributed by atoms with van der Waals surface area (Å²) in [7, 11) is 1.86. The van der Waals surface area contributed by atoms with Gasteiger partial charge < -0.3 is 9.64 Å². The van der Waals surface area contributed by atoms with Gasteiger partial charge in [0, 0.05) is 25.4 Å². The molecule has 2 atom stereocenters. The number of benzene rings is 1. The molecule has 25 heavy (non-hydrogen) atoms. The Morgan fingerprint density at radius 3 is 2.72 bits per heavy atom. The lowest BCUT2D eigenvalue weighted by Crippen LogP contribution is -2.51. The summed E-state index contributed by atoms with van der Waals surface area (Å²) in [6, 6.07) is 6.21. The molecule has 0 spiro atoms. The lowest BCUT2D eigenvalue weighted by Gasteiger charge is -2.41. The van der Waals surface area contributed by atoms with E-state index in [0.29, 0.717) is 26.1 Å². The summed E-state index contributed by atoms with van der Waals surface area (Å²) in [5.74, 6) is -0.494. The van der Waals surface area contributed by atoms with E-state index in [1.165, 1.54) is 12.1 Å². The van der Waals surface area contributed by atoms with E-state index in [1.54, 1.807) is 23.0 Å². The molecule has 6 heteroatoms. The number of ether oxygens (including phenoxy) is 1. The number of hydrogen-bond donors (Lipinski definition) is 0. The Kier molecular flexibility index (Phi) is 4.90. The molecule has 2 aromatic rings. The van der Waals surface area contributed by atoms with Gasteiger partial charge in [-0.05, 0) is 31.0 Å². The van der Waals surface area contributed by atoms with E-state index < -0.39 is 5.60 Å². The van der Waals surface area contributed by atoms with Gasteiger partial charge in [0.25, 0.3) is 0 Å². The molecule has 1 aliphatic heterocycles. The highest BCUT2D eigenvalue weighted by Gasteiger charge is 2.38. The summed E-state index contributed by atoms with van der Waals surface area (Å²) in [6.45, 7) is 5.49. The number of rotatable bonds is 4. The van der Waals surface area contributed by atoms with Gasteiger partial charge in [-0.2, -0.15) is 5.10 Å². The third kappa shape index (κ3) is 3.58. The molecule has 1 aliphatic rings. The minimum Gasteiger partial charge on any atom is -0.367 e. The van der Waals surface area contributed by atoms with Crippen LogP contribution >= 0.6 is 0 Å². The molecule has 2 heterocycles. The molecule has 0 unspecified atom stereocenters. The Morgan fingerprint density at radius 1 is 1.40 bits per heavy atom. The summed E-state index contributed by atoms with van der Waals surface area (Å²) >= 11 is 0. The normalized spacial score (nSPS) is 22.0. The highest BCUT2D eigenvalue weighted by Crippen LogP contribution is 2.31. The summed E-state index contributed by atoms with van der Waals surface area (Å²) in [5, 5.41) is 4.21. The maximum Gasteiger partial charge on any atom is 0.230 e. The maximum absolute atomic E-state index is 13.2. The highest BCUT2D eigenvalue weighted by molar-refractivity contribution is 5.84. The molecule has 1 saturated heterocycles. The first-order valence-corrected chi connectivity index (χ1v) is 8.60. The first kappa shape index (κ1) is 17.6. The van der Waals surface area contributed by atoms with Crippen molar-refractivity contribution in [1.82, 2.24) is 14.7 Å². The van der Waals surface area contributed by atoms with E-state index in [1.807, 2.05) is 32.0 Å². The lowest BCUT2D eigenvalue weighted by molar-refractivity contribution is -0.151. The molecule has 134 valence electrons. The molecule has 0 radical (unpaired) electrons. The van der Waals surface area contributed by atoms with Crippen LogP contribution in [0.2, 0.25) is 0 Å². The van der Waals surface area contributed by atoms with E-state index in [4.69, 9.17) is 4.74 Å². The van der Waals surface area contributed by atoms with Gasteiger partial charge >= 0.3 is 0 Å². The molecule has 0 bridgehead atoms. The van der Waals surface area contributed by atoms with Crippen molar-refractivity contribution in [2.75, 3.05) is 19.7 Å². The molecule has 1 aromatic heterocycles. The Hall–Kier alpha value is -2.21. The van der Waals surface area contributed by atoms with Crippen molar-refractivity contribution in [3.05, 3.63) is 53.6 Å². The number of morpholine rings is 1. The van der Waals surface area contributed by atoms with Crippen LogP contribution in [0.4, 0.5) is 4.39 Å². The van der Waals surface area contributed by atoms with Gasteiger partial charge in [0.1, 0.15) is 11.4 Å². The van der Waals surface area contributed by atoms with Crippen LogP contribution in [0.5, 0.6) is 0 Å². The zero-order valence-corrected chi connectivity index (χ0v) is 14.9. The molecule has 5 nitrogen and oxygen atoms in total. The quantitative estimate of drug-likeness (QED) is 0.856. The monoisotopic (exact) mass is 345 g/mol. The number of nitrogens with zero attached hydrogens (tertiary/aromatic N) is 3. The molecule has 1 fully saturated rings. The zero-order chi connectivity index (χ0) is 18.0. The Labute approximate surface area is 147 Å². The van der Waals surface area contributed by atoms with Gasteiger partial charge in [0.05, 0.1) is 25.3 Å². The van der Waals surface area contributed by atoms with Gasteiger partial charge in [0.2, 0.25) is 5.91 Å². The molecule has 0 saturated carbocycles. The summed E-state index contributed by atoms with van der Waals surface area (Å²) in [5.41, 5.74) is 1.24. The Bertz CT molecular complexity index is 743. The van der Waals surface area contributed by atoms with E-state index in [0.717, 1.165) is 11.1 Å². The van der Waals surface area contributed by atoms with Crippen LogP contribution in [0.3, 0.4) is 0 Å². The van der Waals surface area contributed by atoms with Gasteiger partial charge in [-0.25, -0.2) is 4.39 Å². The van der Waals surface area contributed by atoms with Crippen molar-refractivity contribution in [3.8, 4) is 0 Å². The van der Waals surface area contributed by atoms with Crippen molar-refractivity contribution in [2.24, 2.45) is 7.05 Å². The largest absolute Gasteiger partial charge is 0.367 e. The van der Waals surface area contributed by atoms with E-state index in [-0.39, 0.29) is 17.6 Å². The van der Waals surface area contributed by atoms with Crippen LogP contribution in [0, 0.1) is 5.82 Å². The minimum atomic E-state index is -0.566. The second-order valence-corrected chi connectivity index (χ2v) is 6.75. The average molecular weight is 345 g/mol. The number of halogens is 1. The van der Waals surface area contributed by atoms with Crippen molar-refractivity contribution in [2.45, 2.75) is 31.8 Å². The standard InChI is InChI=1S/C19H24FN3O2/c1-4-17(14-5-7-16(20)8-6-14)18(24)23-9-10-25-19(2,13-23)15-11-21-22(3)12-15/h5-8,11-12,17H,4,9-10,13H2,1-3H3/t17-,19+/m0/s1. The second-order valence-electron chi connectivity index (χ2n) is 6.75. The first-order valence-electron chi connectivity index (χ1n) is 8.60. The molecular formula is C19H24FN3O2. The highest BCUT2D eigenvalue weighted by atomic mass is 19.1. The molecule has 0 N–H and O–H groups in total. The fraction of sp³-hybridized carbons (Fsp3) is 0.474. The van der Waals surface area contributed by atoms with Crippen molar-refractivity contribution < 1.29 is 13.9 Å². The minimum absolute atomic E-state index is 0.0625. The van der Waals surface area contributed by atoms with Gasteiger partial charge in [-0.3, -0.25) is 9.48 Å².